The van der Waals surface area contributed by atoms with Crippen LogP contribution in [0.5, 0.6) is 0 Å². The molecule has 0 heterocycles. The summed E-state index contributed by atoms with van der Waals surface area (Å²) in [4.78, 5) is 0. The maximum Gasteiger partial charge on any atom is 0.338 e. The Morgan fingerprint density at radius 1 is 0.487 bits per heavy atom. The molecule has 0 radical (unpaired) electrons. The second-order valence-corrected chi connectivity index (χ2v) is 14.0. The van der Waals surface area contributed by atoms with Gasteiger partial charge in [0.2, 0.25) is 6.71 Å². The zero-order valence-electron chi connectivity index (χ0n) is 23.8. The van der Waals surface area contributed by atoms with Gasteiger partial charge in [-0.15, -0.1) is 0 Å². The molecule has 194 valence electrons. The first-order valence-corrected chi connectivity index (χ1v) is 15.6. The fourth-order valence-electron chi connectivity index (χ4n) is 6.62. The van der Waals surface area contributed by atoms with Gasteiger partial charge >= 0.3 is 8.41 Å². The predicted octanol–water partition coefficient (Wildman–Crippen LogP) is 4.99. The fraction of sp³-hybridized carbons (Fsp3) is 0.167. The summed E-state index contributed by atoms with van der Waals surface area (Å²) < 4.78 is 18.3. The number of rotatable bonds is 6. The second kappa shape index (κ2) is 10.8. The van der Waals surface area contributed by atoms with Crippen molar-refractivity contribution in [3.63, 3.8) is 0 Å². The molecule has 5 aromatic rings. The standard InChI is InChI=1S/C36H36BFSi/c1-25-21-27(3)35(28(4)22-25)37(36-29(5)23-26(2)24-30(36)6)33-19-13-14-20-34(33)39(38,31-15-9-7-10-16-31)32-17-11-8-12-18-32/h7-24H,1-6H3. The van der Waals surface area contributed by atoms with Gasteiger partial charge in [0.15, 0.2) is 0 Å². The third kappa shape index (κ3) is 4.92. The molecule has 0 spiro atoms. The Hall–Kier alpha value is -3.69. The van der Waals surface area contributed by atoms with E-state index in [0.29, 0.717) is 0 Å². The maximum absolute atomic E-state index is 18.3. The highest BCUT2D eigenvalue weighted by Crippen LogP contribution is 2.15. The summed E-state index contributed by atoms with van der Waals surface area (Å²) in [5, 5.41) is 2.38. The summed E-state index contributed by atoms with van der Waals surface area (Å²) in [6.07, 6.45) is 0. The monoisotopic (exact) mass is 526 g/mol. The Balaban J connectivity index is 1.90. The minimum atomic E-state index is -3.84. The molecule has 0 fully saturated rings. The predicted molar refractivity (Wildman–Crippen MR) is 171 cm³/mol. The van der Waals surface area contributed by atoms with E-state index in [9.17, 15) is 0 Å². The summed E-state index contributed by atoms with van der Waals surface area (Å²) in [5.74, 6) is 0. The number of aryl methyl sites for hydroxylation is 6. The van der Waals surface area contributed by atoms with Gasteiger partial charge in [0, 0.05) is 0 Å². The molecular weight excluding hydrogens is 490 g/mol. The van der Waals surface area contributed by atoms with Gasteiger partial charge in [-0.3, -0.25) is 4.11 Å². The van der Waals surface area contributed by atoms with Crippen LogP contribution in [0.25, 0.3) is 0 Å². The molecule has 0 amide bonds. The van der Waals surface area contributed by atoms with Gasteiger partial charge < -0.3 is 0 Å². The molecule has 0 N–H and O–H groups in total. The lowest BCUT2D eigenvalue weighted by atomic mass is 9.34. The van der Waals surface area contributed by atoms with E-state index in [1.165, 1.54) is 44.3 Å². The van der Waals surface area contributed by atoms with Crippen LogP contribution < -0.4 is 31.9 Å². The van der Waals surface area contributed by atoms with Crippen LogP contribution in [0.15, 0.2) is 109 Å². The number of hydrogen-bond acceptors (Lipinski definition) is 0. The third-order valence-electron chi connectivity index (χ3n) is 8.04. The maximum atomic E-state index is 18.3. The summed E-state index contributed by atoms with van der Waals surface area (Å²) in [6, 6.07) is 37.0. The van der Waals surface area contributed by atoms with Crippen molar-refractivity contribution in [3.05, 3.63) is 143 Å². The minimum absolute atomic E-state index is 0.0857. The largest absolute Gasteiger partial charge is 0.338 e. The highest BCUT2D eigenvalue weighted by atomic mass is 28.4. The van der Waals surface area contributed by atoms with E-state index >= 15 is 4.11 Å². The zero-order valence-corrected chi connectivity index (χ0v) is 24.8. The van der Waals surface area contributed by atoms with E-state index in [1.807, 2.05) is 72.8 Å². The third-order valence-corrected chi connectivity index (χ3v) is 11.5. The molecule has 0 aliphatic carbocycles. The lowest BCUT2D eigenvalue weighted by molar-refractivity contribution is 0.842. The van der Waals surface area contributed by atoms with Crippen molar-refractivity contribution >= 4 is 47.1 Å². The first-order valence-electron chi connectivity index (χ1n) is 13.8. The van der Waals surface area contributed by atoms with Crippen molar-refractivity contribution in [1.82, 2.24) is 0 Å². The number of benzene rings is 5. The lowest BCUT2D eigenvalue weighted by Gasteiger charge is -2.31. The van der Waals surface area contributed by atoms with Crippen molar-refractivity contribution in [2.75, 3.05) is 0 Å². The Bertz CT molecular complexity index is 1480. The number of halogens is 1. The van der Waals surface area contributed by atoms with E-state index in [1.54, 1.807) is 0 Å². The highest BCUT2D eigenvalue weighted by Gasteiger charge is 2.45. The lowest BCUT2D eigenvalue weighted by Crippen LogP contribution is -2.72. The van der Waals surface area contributed by atoms with Crippen LogP contribution in [0.2, 0.25) is 0 Å². The average Bonchev–Trinajstić information content (AvgIpc) is 2.92. The van der Waals surface area contributed by atoms with E-state index in [0.717, 1.165) is 21.0 Å². The van der Waals surface area contributed by atoms with Gasteiger partial charge in [0.1, 0.15) is 0 Å². The molecule has 0 atom stereocenters. The van der Waals surface area contributed by atoms with Crippen LogP contribution in [-0.2, 0) is 0 Å². The van der Waals surface area contributed by atoms with E-state index in [4.69, 9.17) is 0 Å². The van der Waals surface area contributed by atoms with Crippen LogP contribution in [0.4, 0.5) is 4.11 Å². The second-order valence-electron chi connectivity index (χ2n) is 11.0. The Morgan fingerprint density at radius 2 is 0.846 bits per heavy atom. The van der Waals surface area contributed by atoms with Gasteiger partial charge in [-0.1, -0.05) is 159 Å². The number of hydrogen-bond donors (Lipinski definition) is 0. The molecule has 0 nitrogen and oxygen atoms in total. The zero-order chi connectivity index (χ0) is 27.7. The van der Waals surface area contributed by atoms with Crippen molar-refractivity contribution in [2.45, 2.75) is 41.5 Å². The molecule has 39 heavy (non-hydrogen) atoms. The van der Waals surface area contributed by atoms with Crippen molar-refractivity contribution in [1.29, 1.82) is 0 Å². The normalized spacial score (nSPS) is 11.5. The molecule has 0 saturated carbocycles. The van der Waals surface area contributed by atoms with E-state index < -0.39 is 8.41 Å². The molecule has 0 saturated heterocycles. The van der Waals surface area contributed by atoms with E-state index in [-0.39, 0.29) is 6.71 Å². The van der Waals surface area contributed by atoms with Gasteiger partial charge in [0.05, 0.1) is 0 Å². The first kappa shape index (κ1) is 26.9. The van der Waals surface area contributed by atoms with Crippen LogP contribution in [0, 0.1) is 41.5 Å². The van der Waals surface area contributed by atoms with Crippen LogP contribution >= 0.6 is 0 Å². The van der Waals surface area contributed by atoms with Gasteiger partial charge in [-0.05, 0) is 57.1 Å². The Morgan fingerprint density at radius 3 is 1.26 bits per heavy atom. The molecular formula is C36H36BFSi. The topological polar surface area (TPSA) is 0 Å². The summed E-state index contributed by atoms with van der Waals surface area (Å²) in [6.45, 7) is 13.0. The molecule has 0 unspecified atom stereocenters. The first-order chi connectivity index (χ1) is 18.7. The van der Waals surface area contributed by atoms with E-state index in [2.05, 4.69) is 77.9 Å². The Kier molecular flexibility index (Phi) is 7.47. The quantitative estimate of drug-likeness (QED) is 0.166. The molecule has 5 rings (SSSR count). The van der Waals surface area contributed by atoms with Crippen molar-refractivity contribution in [2.24, 2.45) is 0 Å². The molecule has 0 aliphatic rings. The van der Waals surface area contributed by atoms with Gasteiger partial charge in [-0.2, -0.15) is 0 Å². The minimum Gasteiger partial charge on any atom is -0.296 e. The SMILES string of the molecule is Cc1cc(C)c(B(c2ccccc2[Si](F)(c2ccccc2)c2ccccc2)c2c(C)cc(C)cc2C)c(C)c1. The summed E-state index contributed by atoms with van der Waals surface area (Å²) >= 11 is 0. The molecule has 3 heteroatoms. The summed E-state index contributed by atoms with van der Waals surface area (Å²) in [5.41, 5.74) is 11.1. The molecule has 0 aromatic heterocycles. The van der Waals surface area contributed by atoms with Crippen molar-refractivity contribution < 1.29 is 4.11 Å². The van der Waals surface area contributed by atoms with Gasteiger partial charge in [0.25, 0.3) is 0 Å². The smallest absolute Gasteiger partial charge is 0.296 e. The average molecular weight is 527 g/mol. The molecule has 0 aliphatic heterocycles. The highest BCUT2D eigenvalue weighted by molar-refractivity contribution is 7.11. The summed E-state index contributed by atoms with van der Waals surface area (Å²) in [7, 11) is -3.84. The van der Waals surface area contributed by atoms with Crippen LogP contribution in [-0.4, -0.2) is 15.1 Å². The fourth-order valence-corrected chi connectivity index (χ4v) is 9.83. The molecule has 0 bridgehead atoms. The van der Waals surface area contributed by atoms with Gasteiger partial charge in [-0.25, -0.2) is 0 Å². The van der Waals surface area contributed by atoms with Crippen LogP contribution in [0.3, 0.4) is 0 Å². The molecule has 5 aromatic carbocycles. The van der Waals surface area contributed by atoms with Crippen molar-refractivity contribution in [3.8, 4) is 0 Å². The Labute approximate surface area is 234 Å². The van der Waals surface area contributed by atoms with Crippen LogP contribution in [0.1, 0.15) is 33.4 Å².